The van der Waals surface area contributed by atoms with Crippen LogP contribution in [0, 0.1) is 0 Å². The summed E-state index contributed by atoms with van der Waals surface area (Å²) in [6, 6.07) is 9.13. The number of aromatic nitrogens is 3. The Balaban J connectivity index is 1.91. The van der Waals surface area contributed by atoms with E-state index in [9.17, 15) is 13.6 Å². The molecule has 0 aliphatic heterocycles. The molecule has 25 heavy (non-hydrogen) atoms. The van der Waals surface area contributed by atoms with Gasteiger partial charge in [-0.1, -0.05) is 24.3 Å². The summed E-state index contributed by atoms with van der Waals surface area (Å²) in [6.45, 7) is 0.335. The molecule has 3 aromatic rings. The predicted octanol–water partition coefficient (Wildman–Crippen LogP) is 0.382. The number of hydrogen-bond donors (Lipinski definition) is 3. The number of pyridine rings is 1. The van der Waals surface area contributed by atoms with Gasteiger partial charge < -0.3 is 9.29 Å². The first-order valence-corrected chi connectivity index (χ1v) is 8.25. The normalized spacial score (nSPS) is 12.2. The molecule has 3 N–H and O–H groups in total. The molecule has 10 heteroatoms. The summed E-state index contributed by atoms with van der Waals surface area (Å²) in [6.07, 6.45) is 1.54. The first kappa shape index (κ1) is 17.2. The Kier molecular flexibility index (Phi) is 5.14. The SMILES string of the molecule is COc1nc(-c2ccc(CNNS(=O)[O-])cc2)cc2cn[nH]c(=O)c12. The molecule has 130 valence electrons. The molecule has 1 atom stereocenters. The van der Waals surface area contributed by atoms with Crippen molar-refractivity contribution >= 4 is 22.0 Å². The van der Waals surface area contributed by atoms with Gasteiger partial charge in [0, 0.05) is 28.8 Å². The molecule has 1 unspecified atom stereocenters. The van der Waals surface area contributed by atoms with Crippen molar-refractivity contribution in [2.24, 2.45) is 0 Å². The molecule has 3 rings (SSSR count). The molecular weight excluding hydrogens is 346 g/mol. The number of ether oxygens (including phenoxy) is 1. The van der Waals surface area contributed by atoms with Crippen molar-refractivity contribution in [1.82, 2.24) is 25.4 Å². The van der Waals surface area contributed by atoms with Crippen LogP contribution >= 0.6 is 0 Å². The van der Waals surface area contributed by atoms with E-state index < -0.39 is 11.3 Å². The molecule has 0 amide bonds. The van der Waals surface area contributed by atoms with Crippen molar-refractivity contribution in [3.63, 3.8) is 0 Å². The minimum absolute atomic E-state index is 0.226. The Hall–Kier alpha value is -2.66. The van der Waals surface area contributed by atoms with E-state index >= 15 is 0 Å². The summed E-state index contributed by atoms with van der Waals surface area (Å²) in [5, 5.41) is 7.13. The molecule has 0 saturated carbocycles. The smallest absolute Gasteiger partial charge is 0.277 e. The van der Waals surface area contributed by atoms with Crippen molar-refractivity contribution in [2.75, 3.05) is 7.11 Å². The van der Waals surface area contributed by atoms with Crippen molar-refractivity contribution in [3.05, 3.63) is 52.4 Å². The van der Waals surface area contributed by atoms with Crippen LogP contribution < -0.4 is 20.6 Å². The van der Waals surface area contributed by atoms with Gasteiger partial charge in [-0.3, -0.25) is 9.00 Å². The van der Waals surface area contributed by atoms with E-state index in [-0.39, 0.29) is 11.4 Å². The van der Waals surface area contributed by atoms with Crippen LogP contribution in [0.5, 0.6) is 5.88 Å². The fraction of sp³-hybridized carbons (Fsp3) is 0.133. The van der Waals surface area contributed by atoms with Crippen LogP contribution in [0.4, 0.5) is 0 Å². The molecule has 0 fully saturated rings. The number of nitrogens with zero attached hydrogens (tertiary/aromatic N) is 2. The van der Waals surface area contributed by atoms with Gasteiger partial charge in [0.15, 0.2) is 0 Å². The number of hydrazine groups is 1. The van der Waals surface area contributed by atoms with Crippen LogP contribution in [-0.2, 0) is 17.8 Å². The monoisotopic (exact) mass is 360 g/mol. The van der Waals surface area contributed by atoms with Gasteiger partial charge in [0.1, 0.15) is 5.39 Å². The van der Waals surface area contributed by atoms with Crippen molar-refractivity contribution < 1.29 is 13.5 Å². The second-order valence-electron chi connectivity index (χ2n) is 5.07. The van der Waals surface area contributed by atoms with E-state index in [2.05, 4.69) is 25.4 Å². The standard InChI is InChI=1S/C15H15N5O4S/c1-24-15-13-11(8-16-19-14(13)21)6-12(18-15)10-4-2-9(3-5-10)7-17-20-25(22)23/h2-6,8,17,20H,7H2,1H3,(H,19,21)(H,22,23)/p-1. The lowest BCUT2D eigenvalue weighted by molar-refractivity contribution is 0.403. The molecular formula is C15H14N5O4S-. The van der Waals surface area contributed by atoms with E-state index in [1.54, 1.807) is 6.07 Å². The summed E-state index contributed by atoms with van der Waals surface area (Å²) in [7, 11) is 1.45. The number of aromatic amines is 1. The van der Waals surface area contributed by atoms with Gasteiger partial charge in [-0.2, -0.15) is 9.93 Å². The van der Waals surface area contributed by atoms with Gasteiger partial charge >= 0.3 is 0 Å². The largest absolute Gasteiger partial charge is 0.759 e. The van der Waals surface area contributed by atoms with Crippen molar-refractivity contribution in [1.29, 1.82) is 0 Å². The lowest BCUT2D eigenvalue weighted by Gasteiger charge is -2.10. The number of hydrogen-bond acceptors (Lipinski definition) is 7. The predicted molar refractivity (Wildman–Crippen MR) is 91.0 cm³/mol. The highest BCUT2D eigenvalue weighted by atomic mass is 32.2. The van der Waals surface area contributed by atoms with Gasteiger partial charge in [-0.25, -0.2) is 15.5 Å². The third-order valence-corrected chi connectivity index (χ3v) is 3.82. The van der Waals surface area contributed by atoms with Gasteiger partial charge in [-0.15, -0.1) is 0 Å². The highest BCUT2D eigenvalue weighted by molar-refractivity contribution is 7.76. The summed E-state index contributed by atoms with van der Waals surface area (Å²) in [4.78, 5) is 18.4. The number of fused-ring (bicyclic) bond motifs is 1. The fourth-order valence-electron chi connectivity index (χ4n) is 2.37. The number of benzene rings is 1. The Morgan fingerprint density at radius 1 is 1.32 bits per heavy atom. The molecule has 2 heterocycles. The Bertz CT molecular complexity index is 974. The molecule has 0 bridgehead atoms. The van der Waals surface area contributed by atoms with Gasteiger partial charge in [-0.05, 0) is 11.6 Å². The first-order valence-electron chi connectivity index (χ1n) is 7.18. The third kappa shape index (κ3) is 3.88. The number of nitrogens with one attached hydrogen (secondary N) is 3. The lowest BCUT2D eigenvalue weighted by atomic mass is 10.1. The molecule has 0 aliphatic rings. The quantitative estimate of drug-likeness (QED) is 0.428. The van der Waals surface area contributed by atoms with E-state index in [4.69, 9.17) is 4.74 Å². The average molecular weight is 360 g/mol. The van der Waals surface area contributed by atoms with E-state index in [1.165, 1.54) is 13.3 Å². The van der Waals surface area contributed by atoms with Crippen LogP contribution in [0.2, 0.25) is 0 Å². The molecule has 0 spiro atoms. The summed E-state index contributed by atoms with van der Waals surface area (Å²) in [5.41, 5.74) is 4.54. The maximum absolute atomic E-state index is 11.9. The molecule has 0 radical (unpaired) electrons. The van der Waals surface area contributed by atoms with Crippen molar-refractivity contribution in [3.8, 4) is 17.1 Å². The lowest BCUT2D eigenvalue weighted by Crippen LogP contribution is -2.32. The second-order valence-corrected chi connectivity index (χ2v) is 5.74. The maximum Gasteiger partial charge on any atom is 0.277 e. The van der Waals surface area contributed by atoms with Gasteiger partial charge in [0.05, 0.1) is 19.0 Å². The third-order valence-electron chi connectivity index (χ3n) is 3.50. The first-order chi connectivity index (χ1) is 12.1. The zero-order chi connectivity index (χ0) is 17.8. The number of rotatable bonds is 6. The average Bonchev–Trinajstić information content (AvgIpc) is 2.61. The summed E-state index contributed by atoms with van der Waals surface area (Å²) < 4.78 is 26.0. The fourth-order valence-corrected chi connectivity index (χ4v) is 2.56. The summed E-state index contributed by atoms with van der Waals surface area (Å²) >= 11 is -2.36. The maximum atomic E-state index is 11.9. The molecule has 0 aliphatic carbocycles. The van der Waals surface area contributed by atoms with Crippen LogP contribution in [-0.4, -0.2) is 31.1 Å². The number of H-pyrrole nitrogens is 1. The van der Waals surface area contributed by atoms with E-state index in [0.717, 1.165) is 11.1 Å². The van der Waals surface area contributed by atoms with Crippen LogP contribution in [0.3, 0.4) is 0 Å². The summed E-state index contributed by atoms with van der Waals surface area (Å²) in [5.74, 6) is 0.226. The molecule has 0 saturated heterocycles. The topological polar surface area (TPSA) is 132 Å². The van der Waals surface area contributed by atoms with Crippen molar-refractivity contribution in [2.45, 2.75) is 6.54 Å². The molecule has 2 aromatic heterocycles. The Morgan fingerprint density at radius 2 is 2.08 bits per heavy atom. The zero-order valence-corrected chi connectivity index (χ0v) is 13.9. The van der Waals surface area contributed by atoms with E-state index in [1.807, 2.05) is 24.3 Å². The minimum Gasteiger partial charge on any atom is -0.759 e. The van der Waals surface area contributed by atoms with Gasteiger partial charge in [0.25, 0.3) is 5.56 Å². The molecule has 1 aromatic carbocycles. The highest BCUT2D eigenvalue weighted by Gasteiger charge is 2.11. The number of methoxy groups -OCH3 is 1. The molecule has 9 nitrogen and oxygen atoms in total. The van der Waals surface area contributed by atoms with Gasteiger partial charge in [0.2, 0.25) is 5.88 Å². The van der Waals surface area contributed by atoms with E-state index in [0.29, 0.717) is 23.0 Å². The zero-order valence-electron chi connectivity index (χ0n) is 13.1. The Labute approximate surface area is 144 Å². The highest BCUT2D eigenvalue weighted by Crippen LogP contribution is 2.26. The second kappa shape index (κ2) is 7.49. The van der Waals surface area contributed by atoms with Crippen LogP contribution in [0.15, 0.2) is 41.3 Å². The van der Waals surface area contributed by atoms with Crippen LogP contribution in [0.1, 0.15) is 5.56 Å². The minimum atomic E-state index is -2.36. The Morgan fingerprint density at radius 3 is 2.76 bits per heavy atom. The van der Waals surface area contributed by atoms with Crippen LogP contribution in [0.25, 0.3) is 22.0 Å².